The number of hydrogen-bond acceptors (Lipinski definition) is 5. The average molecular weight is 359 g/mol. The van der Waals surface area contributed by atoms with Crippen molar-refractivity contribution in [3.8, 4) is 11.3 Å². The molecule has 24 heavy (non-hydrogen) atoms. The molecule has 0 saturated carbocycles. The van der Waals surface area contributed by atoms with Crippen molar-refractivity contribution in [2.24, 2.45) is 0 Å². The van der Waals surface area contributed by atoms with Gasteiger partial charge in [0.1, 0.15) is 15.8 Å². The molecule has 1 N–H and O–H groups in total. The molecule has 0 radical (unpaired) electrons. The Morgan fingerprint density at radius 2 is 2.00 bits per heavy atom. The van der Waals surface area contributed by atoms with E-state index in [1.54, 1.807) is 12.1 Å². The molecule has 7 heteroatoms. The van der Waals surface area contributed by atoms with Gasteiger partial charge >= 0.3 is 5.97 Å². The van der Waals surface area contributed by atoms with E-state index >= 15 is 0 Å². The molecule has 5 nitrogen and oxygen atoms in total. The molecule has 1 aromatic carbocycles. The lowest BCUT2D eigenvalue weighted by Crippen LogP contribution is -2.30. The molecule has 1 aromatic heterocycles. The van der Waals surface area contributed by atoms with Crippen molar-refractivity contribution in [3.05, 3.63) is 53.1 Å². The lowest BCUT2D eigenvalue weighted by Gasteiger charge is -2.12. The zero-order valence-electron chi connectivity index (χ0n) is 12.5. The highest BCUT2D eigenvalue weighted by Crippen LogP contribution is 2.33. The Morgan fingerprint density at radius 1 is 1.25 bits per heavy atom. The predicted molar refractivity (Wildman–Crippen MR) is 96.3 cm³/mol. The molecule has 2 aromatic rings. The monoisotopic (exact) mass is 359 g/mol. The van der Waals surface area contributed by atoms with E-state index in [1.165, 1.54) is 4.90 Å². The summed E-state index contributed by atoms with van der Waals surface area (Å²) in [5, 5.41) is 8.74. The summed E-state index contributed by atoms with van der Waals surface area (Å²) in [6.07, 6.45) is 1.49. The SMILES string of the molecule is O=C(O)CCN1C(=O)C(=Cc2ccc(-c3ccccc3)o2)SC1=S. The van der Waals surface area contributed by atoms with Crippen molar-refractivity contribution >= 4 is 46.3 Å². The number of carbonyl (C=O) groups excluding carboxylic acids is 1. The van der Waals surface area contributed by atoms with Crippen LogP contribution in [-0.4, -0.2) is 32.7 Å². The highest BCUT2D eigenvalue weighted by molar-refractivity contribution is 8.26. The van der Waals surface area contributed by atoms with Crippen LogP contribution in [-0.2, 0) is 9.59 Å². The Kier molecular flexibility index (Phi) is 4.82. The van der Waals surface area contributed by atoms with Gasteiger partial charge in [-0.25, -0.2) is 0 Å². The molecule has 1 aliphatic rings. The largest absolute Gasteiger partial charge is 0.481 e. The second kappa shape index (κ2) is 7.02. The molecular formula is C17H13NO4S2. The molecule has 0 spiro atoms. The Bertz CT molecular complexity index is 826. The fourth-order valence-electron chi connectivity index (χ4n) is 2.22. The van der Waals surface area contributed by atoms with Gasteiger partial charge in [0.2, 0.25) is 0 Å². The summed E-state index contributed by atoms with van der Waals surface area (Å²) >= 11 is 6.30. The number of benzene rings is 1. The maximum absolute atomic E-state index is 12.3. The van der Waals surface area contributed by atoms with Crippen LogP contribution in [0.1, 0.15) is 12.2 Å². The number of furan rings is 1. The number of aliphatic carboxylic acids is 1. The standard InChI is InChI=1S/C17H13NO4S2/c19-15(20)8-9-18-16(21)14(24-17(18)23)10-12-6-7-13(22-12)11-4-2-1-3-5-11/h1-7,10H,8-9H2,(H,19,20). The fraction of sp³-hybridized carbons (Fsp3) is 0.118. The van der Waals surface area contributed by atoms with Crippen LogP contribution in [0.3, 0.4) is 0 Å². The summed E-state index contributed by atoms with van der Waals surface area (Å²) in [5.74, 6) is 0.00581. The van der Waals surface area contributed by atoms with E-state index in [9.17, 15) is 9.59 Å². The maximum Gasteiger partial charge on any atom is 0.305 e. The summed E-state index contributed by atoms with van der Waals surface area (Å²) in [7, 11) is 0. The van der Waals surface area contributed by atoms with Gasteiger partial charge in [-0.2, -0.15) is 0 Å². The summed E-state index contributed by atoms with van der Waals surface area (Å²) in [5.41, 5.74) is 0.950. The quantitative estimate of drug-likeness (QED) is 0.649. The third-order valence-corrected chi connectivity index (χ3v) is 4.76. The third kappa shape index (κ3) is 3.58. The van der Waals surface area contributed by atoms with Crippen LogP contribution in [0, 0.1) is 0 Å². The number of hydrogen-bond donors (Lipinski definition) is 1. The van der Waals surface area contributed by atoms with Crippen LogP contribution in [0.4, 0.5) is 0 Å². The van der Waals surface area contributed by atoms with Crippen molar-refractivity contribution in [1.82, 2.24) is 4.90 Å². The zero-order chi connectivity index (χ0) is 17.1. The van der Waals surface area contributed by atoms with E-state index in [0.29, 0.717) is 20.7 Å². The molecule has 0 aliphatic carbocycles. The number of nitrogens with zero attached hydrogens (tertiary/aromatic N) is 1. The van der Waals surface area contributed by atoms with Crippen molar-refractivity contribution in [2.45, 2.75) is 6.42 Å². The molecule has 1 fully saturated rings. The van der Waals surface area contributed by atoms with Crippen LogP contribution in [0.15, 0.2) is 51.8 Å². The Labute approximate surface area is 148 Å². The minimum absolute atomic E-state index is 0.0742. The van der Waals surface area contributed by atoms with E-state index in [0.717, 1.165) is 17.3 Å². The first-order valence-electron chi connectivity index (χ1n) is 7.17. The molecule has 122 valence electrons. The van der Waals surface area contributed by atoms with Gasteiger partial charge in [-0.05, 0) is 12.1 Å². The summed E-state index contributed by atoms with van der Waals surface area (Å²) in [4.78, 5) is 24.7. The van der Waals surface area contributed by atoms with Crippen molar-refractivity contribution in [1.29, 1.82) is 0 Å². The van der Waals surface area contributed by atoms with E-state index in [-0.39, 0.29) is 18.9 Å². The van der Waals surface area contributed by atoms with E-state index < -0.39 is 5.97 Å². The number of carboxylic acid groups (broad SMARTS) is 1. The minimum atomic E-state index is -0.966. The smallest absolute Gasteiger partial charge is 0.305 e. The predicted octanol–water partition coefficient (Wildman–Crippen LogP) is 3.62. The van der Waals surface area contributed by atoms with E-state index in [4.69, 9.17) is 21.7 Å². The summed E-state index contributed by atoms with van der Waals surface area (Å²) in [6.45, 7) is 0.0742. The van der Waals surface area contributed by atoms with Gasteiger partial charge in [0.15, 0.2) is 0 Å². The van der Waals surface area contributed by atoms with Crippen LogP contribution >= 0.6 is 24.0 Å². The zero-order valence-corrected chi connectivity index (χ0v) is 14.1. The highest BCUT2D eigenvalue weighted by atomic mass is 32.2. The van der Waals surface area contributed by atoms with Gasteiger partial charge in [-0.15, -0.1) is 0 Å². The Hall–Kier alpha value is -2.38. The highest BCUT2D eigenvalue weighted by Gasteiger charge is 2.32. The second-order valence-electron chi connectivity index (χ2n) is 5.05. The van der Waals surface area contributed by atoms with Gasteiger partial charge in [0.05, 0.1) is 11.3 Å². The molecule has 0 atom stereocenters. The van der Waals surface area contributed by atoms with Crippen molar-refractivity contribution < 1.29 is 19.1 Å². The molecule has 2 heterocycles. The summed E-state index contributed by atoms with van der Waals surface area (Å²) in [6, 6.07) is 13.3. The van der Waals surface area contributed by atoms with Crippen LogP contribution < -0.4 is 0 Å². The first-order chi connectivity index (χ1) is 11.5. The van der Waals surface area contributed by atoms with Gasteiger partial charge in [0, 0.05) is 18.2 Å². The topological polar surface area (TPSA) is 70.8 Å². The van der Waals surface area contributed by atoms with Crippen LogP contribution in [0.25, 0.3) is 17.4 Å². The normalized spacial score (nSPS) is 16.2. The molecular weight excluding hydrogens is 346 g/mol. The van der Waals surface area contributed by atoms with Crippen molar-refractivity contribution in [3.63, 3.8) is 0 Å². The van der Waals surface area contributed by atoms with Gasteiger partial charge in [-0.3, -0.25) is 14.5 Å². The minimum Gasteiger partial charge on any atom is -0.481 e. The Balaban J connectivity index is 1.77. The molecule has 0 unspecified atom stereocenters. The maximum atomic E-state index is 12.3. The van der Waals surface area contributed by atoms with E-state index in [2.05, 4.69) is 0 Å². The number of thioether (sulfide) groups is 1. The lowest BCUT2D eigenvalue weighted by molar-refractivity contribution is -0.137. The average Bonchev–Trinajstić information content (AvgIpc) is 3.13. The van der Waals surface area contributed by atoms with Crippen molar-refractivity contribution in [2.75, 3.05) is 6.54 Å². The summed E-state index contributed by atoms with van der Waals surface area (Å²) < 4.78 is 6.11. The first kappa shape index (κ1) is 16.5. The lowest BCUT2D eigenvalue weighted by atomic mass is 10.2. The van der Waals surface area contributed by atoms with Gasteiger partial charge in [0.25, 0.3) is 5.91 Å². The number of thiocarbonyl (C=S) groups is 1. The molecule has 1 aliphatic heterocycles. The van der Waals surface area contributed by atoms with Crippen LogP contribution in [0.2, 0.25) is 0 Å². The number of rotatable bonds is 5. The molecule has 0 bridgehead atoms. The Morgan fingerprint density at radius 3 is 2.71 bits per heavy atom. The first-order valence-corrected chi connectivity index (χ1v) is 8.39. The van der Waals surface area contributed by atoms with Gasteiger partial charge < -0.3 is 9.52 Å². The fourth-order valence-corrected chi connectivity index (χ4v) is 3.51. The van der Waals surface area contributed by atoms with Crippen LogP contribution in [0.5, 0.6) is 0 Å². The van der Waals surface area contributed by atoms with E-state index in [1.807, 2.05) is 36.4 Å². The molecule has 1 saturated heterocycles. The third-order valence-electron chi connectivity index (χ3n) is 3.38. The molecule has 3 rings (SSSR count). The number of carbonyl (C=O) groups is 2. The number of carboxylic acids is 1. The van der Waals surface area contributed by atoms with Gasteiger partial charge in [-0.1, -0.05) is 54.3 Å². The second-order valence-corrected chi connectivity index (χ2v) is 6.72. The molecule has 1 amide bonds. The number of amides is 1.